The van der Waals surface area contributed by atoms with Gasteiger partial charge in [0.15, 0.2) is 36.7 Å². The fourth-order valence-electron chi connectivity index (χ4n) is 21.2. The predicted octanol–water partition coefficient (Wildman–Crippen LogP) is 11.4. The summed E-state index contributed by atoms with van der Waals surface area (Å²) in [6, 6.07) is 0.676. The van der Waals surface area contributed by atoms with Crippen LogP contribution in [0.1, 0.15) is 178 Å². The van der Waals surface area contributed by atoms with E-state index in [1.54, 1.807) is 42.7 Å². The molecule has 6 heterocycles. The number of likely N-dealkylation sites (N-methyl/N-ethyl adjacent to an activating group) is 2. The molecule has 8 fully saturated rings. The molecule has 22 heteroatoms. The molecule has 34 atom stereocenters. The van der Waals surface area contributed by atoms with Crippen molar-refractivity contribution in [2.75, 3.05) is 70.8 Å². The van der Waals surface area contributed by atoms with Gasteiger partial charge in [0.1, 0.15) is 48.8 Å². The maximum atomic E-state index is 14.7. The summed E-state index contributed by atoms with van der Waals surface area (Å²) >= 11 is 0. The van der Waals surface area contributed by atoms with Crippen LogP contribution in [-0.4, -0.2) is 239 Å². The molecule has 0 amide bonds. The van der Waals surface area contributed by atoms with Crippen molar-refractivity contribution >= 4 is 23.5 Å². The number of nitrogens with zero attached hydrogens (tertiary/aromatic N) is 2. The summed E-state index contributed by atoms with van der Waals surface area (Å²) in [5, 5.41) is 0. The SMILES string of the molecule is CC[C@H]1CCC[C@H](O[C@H]2CC[C@H](N(C)C)[C@@H](C)O2)[C@@H](C)C(=O)C2=C[C@@H]3[C@@H](C=C(C)[C@@H]4C[C@@H](OC5O[C@@H](C)[C@H](OC)[C@@H](OC)[C@H]5OC)C[C@@H]34)[C@@H]2CC(=O)O1.CC[C@H]1CCC[C@H](O[C@H]2CC[C@H](N(C)C)[C@@H](C)O2)[C@@H](C)C(=O)C2=C[C@@H]3[C@@H](C=C[C@@H]4C[C@@H](OC5O[C@@H](C)[C@H](OC)[C@@H](OC)[C@H]5OC)C[C@@H]34)[C@@H]2CC(=O)O1. The summed E-state index contributed by atoms with van der Waals surface area (Å²) in [5.74, 6) is 0.0293. The van der Waals surface area contributed by atoms with Crippen LogP contribution in [0.15, 0.2) is 47.1 Å². The van der Waals surface area contributed by atoms with E-state index in [4.69, 9.17) is 75.8 Å². The molecule has 2 unspecified atom stereocenters. The second-order valence-corrected chi connectivity index (χ2v) is 33.5. The number of hydrogen-bond donors (Lipinski definition) is 0. The Bertz CT molecular complexity index is 3010. The van der Waals surface area contributed by atoms with E-state index in [1.807, 2.05) is 27.7 Å². The highest BCUT2D eigenvalue weighted by molar-refractivity contribution is 6.00. The molecule has 594 valence electrons. The average Bonchev–Trinajstić information content (AvgIpc) is 1.59. The minimum atomic E-state index is -0.598. The molecule has 105 heavy (non-hydrogen) atoms. The lowest BCUT2D eigenvalue weighted by Gasteiger charge is -2.44. The highest BCUT2D eigenvalue weighted by Crippen LogP contribution is 2.58. The van der Waals surface area contributed by atoms with Crippen molar-refractivity contribution in [3.8, 4) is 0 Å². The van der Waals surface area contributed by atoms with Crippen molar-refractivity contribution in [3.05, 3.63) is 47.1 Å². The van der Waals surface area contributed by atoms with Crippen molar-refractivity contribution < 1.29 is 95.0 Å². The molecule has 0 bridgehead atoms. The third kappa shape index (κ3) is 18.2. The van der Waals surface area contributed by atoms with Crippen LogP contribution in [0.3, 0.4) is 0 Å². The van der Waals surface area contributed by atoms with Gasteiger partial charge in [0, 0.05) is 78.4 Å². The number of methoxy groups -OCH3 is 6. The molecule has 6 aliphatic heterocycles. The van der Waals surface area contributed by atoms with Crippen LogP contribution >= 0.6 is 0 Å². The Kier molecular flexibility index (Phi) is 29.0. The zero-order valence-electron chi connectivity index (χ0n) is 66.8. The number of esters is 2. The molecule has 12 rings (SSSR count). The van der Waals surface area contributed by atoms with E-state index in [0.717, 1.165) is 101 Å². The van der Waals surface area contributed by atoms with Gasteiger partial charge in [-0.2, -0.15) is 0 Å². The summed E-state index contributed by atoms with van der Waals surface area (Å²) in [6.07, 6.45) is 19.4. The van der Waals surface area contributed by atoms with Gasteiger partial charge in [0.25, 0.3) is 0 Å². The quantitative estimate of drug-likeness (QED) is 0.0919. The van der Waals surface area contributed by atoms with Crippen LogP contribution in [-0.2, 0) is 95.0 Å². The van der Waals surface area contributed by atoms with Gasteiger partial charge in [-0.15, -0.1) is 0 Å². The third-order valence-corrected chi connectivity index (χ3v) is 26.9. The fraction of sp³-hybridized carbons (Fsp3) is 0.855. The van der Waals surface area contributed by atoms with Gasteiger partial charge in [-0.1, -0.05) is 63.6 Å². The van der Waals surface area contributed by atoms with Gasteiger partial charge in [-0.3, -0.25) is 19.2 Å². The third-order valence-electron chi connectivity index (χ3n) is 26.9. The lowest BCUT2D eigenvalue weighted by molar-refractivity contribution is -0.314. The van der Waals surface area contributed by atoms with Gasteiger partial charge in [0.2, 0.25) is 0 Å². The first-order chi connectivity index (χ1) is 50.3. The number of ketones is 2. The number of carbonyl (C=O) groups excluding carboxylic acids is 4. The van der Waals surface area contributed by atoms with E-state index < -0.39 is 24.8 Å². The van der Waals surface area contributed by atoms with Crippen molar-refractivity contribution in [1.29, 1.82) is 0 Å². The summed E-state index contributed by atoms with van der Waals surface area (Å²) in [4.78, 5) is 60.9. The molecule has 0 aromatic carbocycles. The van der Waals surface area contributed by atoms with Crippen molar-refractivity contribution in [2.24, 2.45) is 71.0 Å². The van der Waals surface area contributed by atoms with Crippen molar-refractivity contribution in [3.63, 3.8) is 0 Å². The van der Waals surface area contributed by atoms with Crippen LogP contribution in [0.4, 0.5) is 0 Å². The number of carbonyl (C=O) groups is 4. The standard InChI is InChI=1S/C42H67NO10.C41H65NO10/c1-11-26-13-12-14-35(53-37-16-15-34(43(6)7)24(4)49-37)23(3)38(45)33-20-31-29(32(33)21-36(44)51-26)17-22(2)28-18-27(19-30(28)31)52-42-41(48-10)40(47-9)39(46-8)25(5)50-42;1-10-26-12-11-13-34(52-36-17-16-33(42(5)6)23(3)48-36)22(2)37(44)32-20-30-28(31(32)21-35(43)50-26)15-14-25-18-27(19-29(25)30)51-41-40(47-9)39(46-8)38(45-7)24(4)49-41/h17,20,23-32,34-35,37,39-42H,11-16,18-19,21H2,1-10H3;14-15,20,22-31,33-34,36,38-41H,10-13,16-19,21H2,1-9H3/t23-,24-,25+,26+,27-,28+,29-,30-,31-,32+,34+,35+,37+,39+,40-,41-,42?;22-,23-,24+,25-,26+,27-,28-,29-,30-,31+,33+,34+,36+,38+,39-,40-,41?/m11/s1. The number of hydrogen-bond acceptors (Lipinski definition) is 22. The summed E-state index contributed by atoms with van der Waals surface area (Å²) in [6.45, 7) is 18.6. The minimum Gasteiger partial charge on any atom is -0.462 e. The molecule has 2 saturated carbocycles. The second kappa shape index (κ2) is 36.8. The lowest BCUT2D eigenvalue weighted by Crippen LogP contribution is -2.59. The second-order valence-electron chi connectivity index (χ2n) is 33.5. The molecule has 6 aliphatic carbocycles. The van der Waals surface area contributed by atoms with E-state index in [1.165, 1.54) is 5.57 Å². The first-order valence-electron chi connectivity index (χ1n) is 40.4. The Morgan fingerprint density at radius 2 is 0.857 bits per heavy atom. The van der Waals surface area contributed by atoms with Gasteiger partial charge in [-0.05, 0) is 224 Å². The number of cyclic esters (lactones) is 2. The fourth-order valence-corrected chi connectivity index (χ4v) is 21.2. The maximum absolute atomic E-state index is 14.7. The molecular weight excluding hydrogens is 1340 g/mol. The molecule has 0 spiro atoms. The van der Waals surface area contributed by atoms with Gasteiger partial charge in [0.05, 0.1) is 61.7 Å². The summed E-state index contributed by atoms with van der Waals surface area (Å²) in [7, 11) is 18.3. The van der Waals surface area contributed by atoms with Gasteiger partial charge >= 0.3 is 11.9 Å². The lowest BCUT2D eigenvalue weighted by atomic mass is 9.67. The zero-order valence-corrected chi connectivity index (χ0v) is 66.8. The van der Waals surface area contributed by atoms with Crippen LogP contribution in [0.2, 0.25) is 0 Å². The summed E-state index contributed by atoms with van der Waals surface area (Å²) in [5.41, 5.74) is 2.84. The zero-order chi connectivity index (χ0) is 75.4. The average molecular weight is 1480 g/mol. The Labute approximate surface area is 627 Å². The van der Waals surface area contributed by atoms with E-state index in [2.05, 4.69) is 103 Å². The number of fused-ring (bicyclic) bond motifs is 10. The van der Waals surface area contributed by atoms with Crippen LogP contribution in [0.25, 0.3) is 0 Å². The number of allylic oxidation sites excluding steroid dienone is 8. The highest BCUT2D eigenvalue weighted by atomic mass is 16.7. The molecule has 0 aromatic heterocycles. The molecule has 6 saturated heterocycles. The van der Waals surface area contributed by atoms with Gasteiger partial charge in [-0.25, -0.2) is 0 Å². The molecule has 0 aromatic rings. The van der Waals surface area contributed by atoms with E-state index in [-0.39, 0.29) is 194 Å². The molecule has 0 N–H and O–H groups in total. The molecule has 12 aliphatic rings. The smallest absolute Gasteiger partial charge is 0.306 e. The largest absolute Gasteiger partial charge is 0.462 e. The van der Waals surface area contributed by atoms with Crippen molar-refractivity contribution in [1.82, 2.24) is 9.80 Å². The number of ether oxygens (including phenoxy) is 16. The monoisotopic (exact) mass is 1480 g/mol. The molecule has 22 nitrogen and oxygen atoms in total. The van der Waals surface area contributed by atoms with Crippen LogP contribution in [0.5, 0.6) is 0 Å². The maximum Gasteiger partial charge on any atom is 0.306 e. The van der Waals surface area contributed by atoms with E-state index in [0.29, 0.717) is 36.8 Å². The van der Waals surface area contributed by atoms with E-state index >= 15 is 0 Å². The van der Waals surface area contributed by atoms with Crippen LogP contribution in [0, 0.1) is 71.0 Å². The topological polar surface area (TPSA) is 222 Å². The van der Waals surface area contributed by atoms with Crippen molar-refractivity contribution in [2.45, 2.75) is 313 Å². The Balaban J connectivity index is 0.000000210. The first-order valence-corrected chi connectivity index (χ1v) is 40.4. The normalized spacial score (nSPS) is 45.5. The molecular formula is C83H132N2O20. The number of rotatable bonds is 18. The Morgan fingerprint density at radius 3 is 1.29 bits per heavy atom. The Morgan fingerprint density at radius 1 is 0.429 bits per heavy atom. The summed E-state index contributed by atoms with van der Waals surface area (Å²) < 4.78 is 99.3. The Hall–Kier alpha value is -3.40. The van der Waals surface area contributed by atoms with Gasteiger partial charge < -0.3 is 85.6 Å². The minimum absolute atomic E-state index is 0.0364. The first kappa shape index (κ1) is 82.6. The van der Waals surface area contributed by atoms with E-state index in [9.17, 15) is 19.2 Å². The number of Topliss-reactive ketones (excluding diaryl/α,β-unsaturated/α-hetero) is 2. The molecule has 0 radical (unpaired) electrons. The highest BCUT2D eigenvalue weighted by Gasteiger charge is 2.56. The van der Waals surface area contributed by atoms with Crippen LogP contribution < -0.4 is 0 Å². The predicted molar refractivity (Wildman–Crippen MR) is 393 cm³/mol.